The van der Waals surface area contributed by atoms with Crippen molar-refractivity contribution in [1.29, 1.82) is 0 Å². The van der Waals surface area contributed by atoms with E-state index in [4.69, 9.17) is 4.74 Å². The monoisotopic (exact) mass is 318 g/mol. The van der Waals surface area contributed by atoms with E-state index in [9.17, 15) is 19.7 Å². The molecule has 0 amide bonds. The molecule has 0 aromatic carbocycles. The van der Waals surface area contributed by atoms with E-state index in [0.29, 0.717) is 0 Å². The van der Waals surface area contributed by atoms with Crippen molar-refractivity contribution < 1.29 is 14.5 Å². The molecule has 0 spiro atoms. The molecular weight excluding hydrogens is 308 g/mol. The molecule has 1 heterocycles. The zero-order valence-corrected chi connectivity index (χ0v) is 11.2. The van der Waals surface area contributed by atoms with Gasteiger partial charge in [-0.15, -0.1) is 0 Å². The Hall–Kier alpha value is -1.70. The fraction of sp³-hybridized carbons (Fsp3) is 0.400. The molecule has 98 valence electrons. The Labute approximate surface area is 111 Å². The Balaban J connectivity index is 2.88. The summed E-state index contributed by atoms with van der Waals surface area (Å²) >= 11 is 2.95. The second-order valence-electron chi connectivity index (χ2n) is 3.37. The van der Waals surface area contributed by atoms with E-state index in [1.165, 1.54) is 10.8 Å². The smallest absolute Gasteiger partial charge is 0.333 e. The van der Waals surface area contributed by atoms with Crippen LogP contribution in [-0.4, -0.2) is 22.1 Å². The predicted octanol–water partition coefficient (Wildman–Crippen LogP) is 1.47. The lowest BCUT2D eigenvalue weighted by molar-refractivity contribution is -0.386. The molecule has 0 saturated heterocycles. The lowest BCUT2D eigenvalue weighted by Crippen LogP contribution is -2.15. The summed E-state index contributed by atoms with van der Waals surface area (Å²) < 4.78 is 6.22. The molecular formula is C10H11BrN2O5. The van der Waals surface area contributed by atoms with E-state index in [0.717, 1.165) is 6.20 Å². The molecule has 0 unspecified atom stereocenters. The first-order valence-corrected chi connectivity index (χ1v) is 5.94. The maximum absolute atomic E-state index is 11.4. The number of pyridine rings is 1. The lowest BCUT2D eigenvalue weighted by atomic mass is 10.3. The highest BCUT2D eigenvalue weighted by atomic mass is 79.9. The molecule has 0 saturated carbocycles. The Morgan fingerprint density at radius 3 is 2.78 bits per heavy atom. The number of nitro groups is 1. The maximum atomic E-state index is 11.4. The van der Waals surface area contributed by atoms with Crippen molar-refractivity contribution in [3.8, 4) is 0 Å². The number of ether oxygens (including phenoxy) is 1. The van der Waals surface area contributed by atoms with Gasteiger partial charge in [0.05, 0.1) is 28.6 Å². The van der Waals surface area contributed by atoms with Crippen LogP contribution in [0.2, 0.25) is 0 Å². The van der Waals surface area contributed by atoms with Crippen molar-refractivity contribution in [1.82, 2.24) is 4.57 Å². The maximum Gasteiger partial charge on any atom is 0.333 e. The normalized spacial score (nSPS) is 10.1. The average Bonchev–Trinajstić information content (AvgIpc) is 2.30. The van der Waals surface area contributed by atoms with E-state index in [-0.39, 0.29) is 24.0 Å². The minimum Gasteiger partial charge on any atom is -0.466 e. The van der Waals surface area contributed by atoms with Gasteiger partial charge in [0.2, 0.25) is 0 Å². The van der Waals surface area contributed by atoms with Gasteiger partial charge in [-0.05, 0) is 22.9 Å². The highest BCUT2D eigenvalue weighted by molar-refractivity contribution is 9.10. The highest BCUT2D eigenvalue weighted by Crippen LogP contribution is 2.11. The minimum absolute atomic E-state index is 0.0836. The molecule has 7 nitrogen and oxygen atoms in total. The number of carbonyl (C=O) groups excluding carboxylic acids is 1. The fourth-order valence-corrected chi connectivity index (χ4v) is 1.76. The van der Waals surface area contributed by atoms with Gasteiger partial charge < -0.3 is 9.30 Å². The first-order chi connectivity index (χ1) is 8.45. The number of hydrogen-bond donors (Lipinski definition) is 0. The van der Waals surface area contributed by atoms with Gasteiger partial charge in [-0.25, -0.2) is 0 Å². The van der Waals surface area contributed by atoms with E-state index >= 15 is 0 Å². The molecule has 1 aromatic heterocycles. The number of aryl methyl sites for hydroxylation is 1. The van der Waals surface area contributed by atoms with Crippen LogP contribution in [0.25, 0.3) is 0 Å². The van der Waals surface area contributed by atoms with Crippen LogP contribution >= 0.6 is 15.9 Å². The second kappa shape index (κ2) is 6.29. The topological polar surface area (TPSA) is 91.4 Å². The quantitative estimate of drug-likeness (QED) is 0.465. The molecule has 0 atom stereocenters. The number of halogens is 1. The van der Waals surface area contributed by atoms with Crippen LogP contribution in [0, 0.1) is 10.1 Å². The van der Waals surface area contributed by atoms with Gasteiger partial charge in [0.1, 0.15) is 0 Å². The molecule has 8 heteroatoms. The molecule has 0 bridgehead atoms. The van der Waals surface area contributed by atoms with Crippen LogP contribution in [0.3, 0.4) is 0 Å². The third-order valence-corrected chi connectivity index (χ3v) is 2.66. The van der Waals surface area contributed by atoms with Gasteiger partial charge in [0.25, 0.3) is 5.43 Å². The van der Waals surface area contributed by atoms with Crippen LogP contribution < -0.4 is 5.43 Å². The summed E-state index contributed by atoms with van der Waals surface area (Å²) in [5.41, 5.74) is -1.22. The molecule has 18 heavy (non-hydrogen) atoms. The van der Waals surface area contributed by atoms with Crippen LogP contribution in [0.4, 0.5) is 5.69 Å². The molecule has 0 aliphatic carbocycles. The second-order valence-corrected chi connectivity index (χ2v) is 4.22. The van der Waals surface area contributed by atoms with E-state index < -0.39 is 22.0 Å². The van der Waals surface area contributed by atoms with Gasteiger partial charge in [0.15, 0.2) is 0 Å². The van der Waals surface area contributed by atoms with Gasteiger partial charge >= 0.3 is 11.7 Å². The number of carbonyl (C=O) groups is 1. The van der Waals surface area contributed by atoms with E-state index in [1.807, 2.05) is 0 Å². The average molecular weight is 319 g/mol. The third-order valence-electron chi connectivity index (χ3n) is 2.09. The first-order valence-electron chi connectivity index (χ1n) is 5.15. The summed E-state index contributed by atoms with van der Waals surface area (Å²) in [6.07, 6.45) is 2.58. The van der Waals surface area contributed by atoms with Crippen LogP contribution in [0.15, 0.2) is 21.7 Å². The standard InChI is InChI=1S/C10H11BrN2O5/c1-2-18-9(14)3-4-12-5-7(11)10(15)8(6-12)13(16)17/h5-6H,2-4H2,1H3. The van der Waals surface area contributed by atoms with Crippen molar-refractivity contribution in [2.45, 2.75) is 19.9 Å². The lowest BCUT2D eigenvalue weighted by Gasteiger charge is -2.06. The zero-order chi connectivity index (χ0) is 13.7. The van der Waals surface area contributed by atoms with Gasteiger partial charge in [-0.3, -0.25) is 19.7 Å². The molecule has 0 N–H and O–H groups in total. The Morgan fingerprint density at radius 1 is 1.56 bits per heavy atom. The van der Waals surface area contributed by atoms with Crippen molar-refractivity contribution >= 4 is 27.6 Å². The minimum atomic E-state index is -0.756. The Morgan fingerprint density at radius 2 is 2.22 bits per heavy atom. The number of hydrogen-bond acceptors (Lipinski definition) is 5. The molecule has 0 aliphatic heterocycles. The van der Waals surface area contributed by atoms with E-state index in [1.54, 1.807) is 6.92 Å². The predicted molar refractivity (Wildman–Crippen MR) is 66.3 cm³/mol. The SMILES string of the molecule is CCOC(=O)CCn1cc(Br)c(=O)c([N+](=O)[O-])c1. The van der Waals surface area contributed by atoms with Crippen molar-refractivity contribution in [3.05, 3.63) is 37.2 Å². The van der Waals surface area contributed by atoms with Crippen LogP contribution in [0.1, 0.15) is 13.3 Å². The zero-order valence-electron chi connectivity index (χ0n) is 9.59. The molecule has 0 radical (unpaired) electrons. The number of nitrogens with zero attached hydrogens (tertiary/aromatic N) is 2. The van der Waals surface area contributed by atoms with Crippen molar-refractivity contribution in [3.63, 3.8) is 0 Å². The Bertz CT molecular complexity index is 525. The fourth-order valence-electron chi connectivity index (χ4n) is 1.29. The highest BCUT2D eigenvalue weighted by Gasteiger charge is 2.16. The third kappa shape index (κ3) is 3.66. The summed E-state index contributed by atoms with van der Waals surface area (Å²) in [6.45, 7) is 2.18. The van der Waals surface area contributed by atoms with Gasteiger partial charge in [-0.1, -0.05) is 0 Å². The molecule has 0 fully saturated rings. The van der Waals surface area contributed by atoms with Crippen molar-refractivity contribution in [2.24, 2.45) is 0 Å². The number of aromatic nitrogens is 1. The summed E-state index contributed by atoms with van der Waals surface area (Å²) in [5, 5.41) is 10.6. The summed E-state index contributed by atoms with van der Waals surface area (Å²) in [7, 11) is 0. The number of esters is 1. The molecule has 1 rings (SSSR count). The Kier molecular flexibility index (Phi) is 5.02. The van der Waals surface area contributed by atoms with Crippen molar-refractivity contribution in [2.75, 3.05) is 6.61 Å². The van der Waals surface area contributed by atoms with Crippen LogP contribution in [0.5, 0.6) is 0 Å². The summed E-state index contributed by atoms with van der Waals surface area (Å²) in [4.78, 5) is 32.4. The number of rotatable bonds is 5. The van der Waals surface area contributed by atoms with Gasteiger partial charge in [-0.2, -0.15) is 0 Å². The molecule has 1 aromatic rings. The summed E-state index contributed by atoms with van der Waals surface area (Å²) in [5.74, 6) is -0.394. The molecule has 0 aliphatic rings. The first kappa shape index (κ1) is 14.4. The van der Waals surface area contributed by atoms with Gasteiger partial charge in [0, 0.05) is 12.7 Å². The summed E-state index contributed by atoms with van der Waals surface area (Å²) in [6, 6.07) is 0. The largest absolute Gasteiger partial charge is 0.466 e. The van der Waals surface area contributed by atoms with Crippen LogP contribution in [-0.2, 0) is 16.1 Å². The van der Waals surface area contributed by atoms with E-state index in [2.05, 4.69) is 15.9 Å².